The zero-order valence-corrected chi connectivity index (χ0v) is 49.2. The van der Waals surface area contributed by atoms with E-state index in [-0.39, 0.29) is 31.6 Å². The van der Waals surface area contributed by atoms with Crippen molar-refractivity contribution in [2.24, 2.45) is 0 Å². The van der Waals surface area contributed by atoms with Crippen molar-refractivity contribution >= 4 is 17.9 Å². The Labute approximate surface area is 468 Å². The van der Waals surface area contributed by atoms with Gasteiger partial charge in [-0.25, -0.2) is 0 Å². The van der Waals surface area contributed by atoms with Crippen LogP contribution in [0.1, 0.15) is 271 Å². The van der Waals surface area contributed by atoms with Crippen molar-refractivity contribution in [1.82, 2.24) is 0 Å². The molecule has 0 radical (unpaired) electrons. The maximum absolute atomic E-state index is 12.8. The van der Waals surface area contributed by atoms with Crippen molar-refractivity contribution in [2.45, 2.75) is 277 Å². The van der Waals surface area contributed by atoms with Crippen molar-refractivity contribution in [2.75, 3.05) is 13.2 Å². The minimum absolute atomic E-state index is 0.0933. The van der Waals surface area contributed by atoms with Gasteiger partial charge in [0.15, 0.2) is 6.10 Å². The zero-order valence-electron chi connectivity index (χ0n) is 49.2. The van der Waals surface area contributed by atoms with Gasteiger partial charge in [-0.15, -0.1) is 0 Å². The van der Waals surface area contributed by atoms with Gasteiger partial charge in [-0.2, -0.15) is 0 Å². The summed E-state index contributed by atoms with van der Waals surface area (Å²) in [5.41, 5.74) is 0. The van der Waals surface area contributed by atoms with Crippen LogP contribution in [-0.2, 0) is 28.6 Å². The zero-order chi connectivity index (χ0) is 55.0. The smallest absolute Gasteiger partial charge is 0.310 e. The second kappa shape index (κ2) is 63.1. The number of unbranched alkanes of at least 4 members (excludes halogenated alkanes) is 23. The first-order valence-electron chi connectivity index (χ1n) is 31.2. The Hall–Kier alpha value is -4.45. The first kappa shape index (κ1) is 71.5. The lowest BCUT2D eigenvalue weighted by Gasteiger charge is -2.18. The van der Waals surface area contributed by atoms with Crippen LogP contribution in [0.2, 0.25) is 0 Å². The molecule has 0 aliphatic carbocycles. The highest BCUT2D eigenvalue weighted by Gasteiger charge is 2.19. The van der Waals surface area contributed by atoms with Crippen LogP contribution in [0.4, 0.5) is 0 Å². The Morgan fingerprint density at radius 1 is 0.289 bits per heavy atom. The van der Waals surface area contributed by atoms with Crippen molar-refractivity contribution in [1.29, 1.82) is 0 Å². The van der Waals surface area contributed by atoms with Crippen molar-refractivity contribution < 1.29 is 28.6 Å². The molecule has 76 heavy (non-hydrogen) atoms. The maximum atomic E-state index is 12.8. The summed E-state index contributed by atoms with van der Waals surface area (Å²) in [5, 5.41) is 0. The van der Waals surface area contributed by atoms with Gasteiger partial charge in [0.05, 0.1) is 6.42 Å². The molecule has 0 N–H and O–H groups in total. The molecular formula is C70H114O6. The fourth-order valence-corrected chi connectivity index (χ4v) is 8.35. The largest absolute Gasteiger partial charge is 0.462 e. The average Bonchev–Trinajstić information content (AvgIpc) is 3.42. The van der Waals surface area contributed by atoms with E-state index in [1.807, 2.05) is 6.08 Å². The third-order valence-electron chi connectivity index (χ3n) is 12.9. The monoisotopic (exact) mass is 1050 g/mol. The van der Waals surface area contributed by atoms with E-state index < -0.39 is 12.1 Å². The van der Waals surface area contributed by atoms with Crippen LogP contribution in [-0.4, -0.2) is 37.2 Å². The molecule has 0 amide bonds. The second-order valence-corrected chi connectivity index (χ2v) is 20.2. The first-order valence-corrected chi connectivity index (χ1v) is 31.2. The number of hydrogen-bond donors (Lipinski definition) is 0. The molecule has 6 nitrogen and oxygen atoms in total. The van der Waals surface area contributed by atoms with E-state index in [0.717, 1.165) is 116 Å². The van der Waals surface area contributed by atoms with Crippen LogP contribution in [0.25, 0.3) is 0 Å². The molecule has 1 unspecified atom stereocenters. The third kappa shape index (κ3) is 60.4. The normalized spacial score (nSPS) is 13.0. The molecule has 1 atom stereocenters. The number of hydrogen-bond acceptors (Lipinski definition) is 6. The molecule has 0 aromatic carbocycles. The van der Waals surface area contributed by atoms with Crippen LogP contribution in [0.5, 0.6) is 0 Å². The predicted octanol–water partition coefficient (Wildman–Crippen LogP) is 21.4. The summed E-state index contributed by atoms with van der Waals surface area (Å²) >= 11 is 0. The quantitative estimate of drug-likeness (QED) is 0.0261. The Bertz CT molecular complexity index is 1630. The molecule has 0 aromatic heterocycles. The molecule has 0 fully saturated rings. The highest BCUT2D eigenvalue weighted by Crippen LogP contribution is 2.15. The molecule has 0 rings (SSSR count). The van der Waals surface area contributed by atoms with Crippen molar-refractivity contribution in [3.63, 3.8) is 0 Å². The predicted molar refractivity (Wildman–Crippen MR) is 329 cm³/mol. The third-order valence-corrected chi connectivity index (χ3v) is 12.9. The van der Waals surface area contributed by atoms with Gasteiger partial charge in [-0.3, -0.25) is 14.4 Å². The van der Waals surface area contributed by atoms with Gasteiger partial charge < -0.3 is 14.2 Å². The van der Waals surface area contributed by atoms with Crippen LogP contribution in [0.15, 0.2) is 134 Å². The van der Waals surface area contributed by atoms with Gasteiger partial charge in [0.2, 0.25) is 0 Å². The summed E-state index contributed by atoms with van der Waals surface area (Å²) in [5.74, 6) is -1.05. The number of carbonyl (C=O) groups is 3. The molecule has 430 valence electrons. The summed E-state index contributed by atoms with van der Waals surface area (Å²) in [6, 6.07) is 0. The van der Waals surface area contributed by atoms with E-state index in [4.69, 9.17) is 14.2 Å². The van der Waals surface area contributed by atoms with E-state index in [2.05, 4.69) is 142 Å². The van der Waals surface area contributed by atoms with Crippen LogP contribution >= 0.6 is 0 Å². The molecule has 0 saturated heterocycles. The summed E-state index contributed by atoms with van der Waals surface area (Å²) in [6.07, 6.45) is 89.1. The number of rotatable bonds is 55. The highest BCUT2D eigenvalue weighted by molar-refractivity contribution is 5.72. The van der Waals surface area contributed by atoms with Gasteiger partial charge in [0, 0.05) is 12.8 Å². The number of allylic oxidation sites excluding steroid dienone is 21. The summed E-state index contributed by atoms with van der Waals surface area (Å²) in [4.78, 5) is 38.2. The van der Waals surface area contributed by atoms with Gasteiger partial charge >= 0.3 is 17.9 Å². The standard InChI is InChI=1S/C70H114O6/c1-4-7-10-13-16-19-22-25-28-29-30-31-32-33-34-35-36-37-38-39-40-41-43-45-48-51-54-57-60-63-69(72)75-66-67(65-74-68(71)62-59-56-53-50-47-44-27-24-21-18-15-12-9-6-3)76-70(73)64-61-58-55-52-49-46-42-26-23-20-17-14-11-8-5-2/h7-8,10-11,16-17,19-20,25-26,28,30-31,33-34,36-37,42,49,52,58,61,67H,4-6,9,12-15,18,21-24,27,29,32,35,38-41,43-48,50-51,53-57,59-60,62-66H2,1-3H3/b10-7-,11-8-,19-16-,20-17-,28-25-,31-30-,34-33-,37-36-,42-26-,52-49-,61-58-. The van der Waals surface area contributed by atoms with E-state index in [1.54, 1.807) is 6.08 Å². The summed E-state index contributed by atoms with van der Waals surface area (Å²) < 4.78 is 16.8. The molecule has 0 saturated carbocycles. The molecule has 6 heteroatoms. The number of carbonyl (C=O) groups excluding carboxylic acids is 3. The fourth-order valence-electron chi connectivity index (χ4n) is 8.35. The van der Waals surface area contributed by atoms with Crippen LogP contribution in [0, 0.1) is 0 Å². The van der Waals surface area contributed by atoms with E-state index in [0.29, 0.717) is 12.8 Å². The van der Waals surface area contributed by atoms with Crippen LogP contribution < -0.4 is 0 Å². The molecule has 0 aliphatic rings. The minimum Gasteiger partial charge on any atom is -0.462 e. The molecule has 0 aromatic rings. The first-order chi connectivity index (χ1) is 37.5. The molecule has 0 heterocycles. The highest BCUT2D eigenvalue weighted by atomic mass is 16.6. The lowest BCUT2D eigenvalue weighted by atomic mass is 10.0. The molecule has 0 aliphatic heterocycles. The number of esters is 3. The number of ether oxygens (including phenoxy) is 3. The summed E-state index contributed by atoms with van der Waals surface area (Å²) in [6.45, 7) is 6.33. The van der Waals surface area contributed by atoms with Gasteiger partial charge in [-0.1, -0.05) is 289 Å². The maximum Gasteiger partial charge on any atom is 0.310 e. The Kier molecular flexibility index (Phi) is 59.4. The molecular weight excluding hydrogens is 937 g/mol. The minimum atomic E-state index is -0.837. The van der Waals surface area contributed by atoms with Gasteiger partial charge in [0.1, 0.15) is 13.2 Å². The lowest BCUT2D eigenvalue weighted by Crippen LogP contribution is -2.30. The lowest BCUT2D eigenvalue weighted by molar-refractivity contribution is -0.166. The van der Waals surface area contributed by atoms with E-state index in [1.165, 1.54) is 116 Å². The Balaban J connectivity index is 4.36. The molecule has 0 spiro atoms. The van der Waals surface area contributed by atoms with Crippen molar-refractivity contribution in [3.05, 3.63) is 134 Å². The topological polar surface area (TPSA) is 78.9 Å². The second-order valence-electron chi connectivity index (χ2n) is 20.2. The summed E-state index contributed by atoms with van der Waals surface area (Å²) in [7, 11) is 0. The van der Waals surface area contributed by atoms with Crippen LogP contribution in [0.3, 0.4) is 0 Å². The average molecular weight is 1050 g/mol. The SMILES string of the molecule is CC/C=C\C/C=C\C/C=C\C/C=C\C/C=C\C/C=C\CCCCCCCCCCCCC(=O)OCC(COC(=O)CCCCCCCCCCCCCCCC)OC(=O)C/C=C\C/C=C\C/C=C\C/C=C\C/C=C\CC. The van der Waals surface area contributed by atoms with Gasteiger partial charge in [-0.05, 0) is 96.3 Å². The fraction of sp³-hybridized carbons (Fsp3) is 0.643. The van der Waals surface area contributed by atoms with E-state index in [9.17, 15) is 14.4 Å². The van der Waals surface area contributed by atoms with Gasteiger partial charge in [0.25, 0.3) is 0 Å². The Morgan fingerprint density at radius 2 is 0.553 bits per heavy atom. The van der Waals surface area contributed by atoms with E-state index >= 15 is 0 Å². The molecule has 0 bridgehead atoms. The Morgan fingerprint density at radius 3 is 0.868 bits per heavy atom. The van der Waals surface area contributed by atoms with Crippen molar-refractivity contribution in [3.8, 4) is 0 Å².